The molecular weight excluding hydrogens is 204 g/mol. The number of carbonyl (C=O) groups is 1. The molecule has 0 N–H and O–H groups in total. The number of ether oxygens (including phenoxy) is 1. The summed E-state index contributed by atoms with van der Waals surface area (Å²) in [7, 11) is 3.22. The van der Waals surface area contributed by atoms with E-state index in [0.717, 1.165) is 16.6 Å². The van der Waals surface area contributed by atoms with Crippen LogP contribution in [0.15, 0.2) is 30.3 Å². The zero-order valence-electron chi connectivity index (χ0n) is 9.18. The van der Waals surface area contributed by atoms with E-state index in [9.17, 15) is 4.79 Å². The van der Waals surface area contributed by atoms with Crippen molar-refractivity contribution in [3.63, 3.8) is 0 Å². The first-order chi connectivity index (χ1) is 7.72. The molecule has 82 valence electrons. The van der Waals surface area contributed by atoms with Gasteiger partial charge in [-0.1, -0.05) is 18.2 Å². The quantitative estimate of drug-likeness (QED) is 0.567. The average molecular weight is 216 g/mol. The van der Waals surface area contributed by atoms with E-state index in [0.29, 0.717) is 0 Å². The van der Waals surface area contributed by atoms with Gasteiger partial charge in [0.1, 0.15) is 0 Å². The first-order valence-corrected chi connectivity index (χ1v) is 4.90. The smallest absolute Gasteiger partial charge is 0.330 e. The lowest BCUT2D eigenvalue weighted by molar-refractivity contribution is -0.134. The maximum Gasteiger partial charge on any atom is 0.330 e. The molecule has 16 heavy (non-hydrogen) atoms. The lowest BCUT2D eigenvalue weighted by atomic mass is 10.2. The fourth-order valence-electron chi connectivity index (χ4n) is 1.58. The number of hydrogen-bond acceptors (Lipinski definition) is 3. The van der Waals surface area contributed by atoms with Crippen molar-refractivity contribution >= 4 is 22.9 Å². The van der Waals surface area contributed by atoms with Gasteiger partial charge in [-0.2, -0.15) is 5.10 Å². The fraction of sp³-hybridized carbons (Fsp3) is 0.167. The zero-order valence-corrected chi connectivity index (χ0v) is 9.18. The Morgan fingerprint density at radius 3 is 2.94 bits per heavy atom. The first-order valence-electron chi connectivity index (χ1n) is 4.90. The molecule has 0 aliphatic carbocycles. The largest absolute Gasteiger partial charge is 0.466 e. The van der Waals surface area contributed by atoms with Crippen molar-refractivity contribution < 1.29 is 9.53 Å². The maximum atomic E-state index is 11.0. The van der Waals surface area contributed by atoms with Crippen LogP contribution in [-0.4, -0.2) is 22.9 Å². The molecule has 0 unspecified atom stereocenters. The van der Waals surface area contributed by atoms with E-state index in [-0.39, 0.29) is 5.97 Å². The number of esters is 1. The summed E-state index contributed by atoms with van der Waals surface area (Å²) in [5.74, 6) is -0.380. The van der Waals surface area contributed by atoms with E-state index in [2.05, 4.69) is 9.84 Å². The molecule has 0 radical (unpaired) electrons. The van der Waals surface area contributed by atoms with E-state index >= 15 is 0 Å². The average Bonchev–Trinajstić information content (AvgIpc) is 2.64. The highest BCUT2D eigenvalue weighted by atomic mass is 16.5. The molecule has 0 amide bonds. The molecule has 0 saturated carbocycles. The van der Waals surface area contributed by atoms with E-state index < -0.39 is 0 Å². The van der Waals surface area contributed by atoms with E-state index in [4.69, 9.17) is 0 Å². The molecule has 0 aliphatic heterocycles. The summed E-state index contributed by atoms with van der Waals surface area (Å²) < 4.78 is 6.31. The molecule has 0 saturated heterocycles. The second-order valence-corrected chi connectivity index (χ2v) is 3.38. The van der Waals surface area contributed by atoms with Crippen LogP contribution in [0.3, 0.4) is 0 Å². The Bertz CT molecular complexity index is 555. The third-order valence-corrected chi connectivity index (χ3v) is 2.36. The van der Waals surface area contributed by atoms with Gasteiger partial charge in [0.05, 0.1) is 18.3 Å². The second-order valence-electron chi connectivity index (χ2n) is 3.38. The highest BCUT2D eigenvalue weighted by Crippen LogP contribution is 2.18. The number of methoxy groups -OCH3 is 1. The molecule has 4 heteroatoms. The molecule has 0 spiro atoms. The van der Waals surface area contributed by atoms with E-state index in [1.54, 1.807) is 10.8 Å². The van der Waals surface area contributed by atoms with Crippen LogP contribution in [-0.2, 0) is 16.6 Å². The third-order valence-electron chi connectivity index (χ3n) is 2.36. The van der Waals surface area contributed by atoms with Gasteiger partial charge in [0, 0.05) is 18.5 Å². The number of fused-ring (bicyclic) bond motifs is 1. The number of para-hydroxylation sites is 1. The summed E-state index contributed by atoms with van der Waals surface area (Å²) in [6.07, 6.45) is 3.03. The number of aryl methyl sites for hydroxylation is 1. The van der Waals surface area contributed by atoms with Gasteiger partial charge in [-0.25, -0.2) is 4.79 Å². The lowest BCUT2D eigenvalue weighted by Gasteiger charge is -1.90. The maximum absolute atomic E-state index is 11.0. The normalized spacial score (nSPS) is 11.1. The van der Waals surface area contributed by atoms with Crippen molar-refractivity contribution in [3.8, 4) is 0 Å². The van der Waals surface area contributed by atoms with Crippen LogP contribution in [0.4, 0.5) is 0 Å². The topological polar surface area (TPSA) is 44.1 Å². The van der Waals surface area contributed by atoms with Crippen molar-refractivity contribution in [3.05, 3.63) is 36.0 Å². The number of benzene rings is 1. The lowest BCUT2D eigenvalue weighted by Crippen LogP contribution is -1.93. The van der Waals surface area contributed by atoms with Crippen molar-refractivity contribution in [2.45, 2.75) is 0 Å². The van der Waals surface area contributed by atoms with Gasteiger partial charge >= 0.3 is 5.97 Å². The molecule has 0 atom stereocenters. The highest BCUT2D eigenvalue weighted by molar-refractivity contribution is 5.92. The third kappa shape index (κ3) is 1.82. The predicted molar refractivity (Wildman–Crippen MR) is 61.8 cm³/mol. The zero-order chi connectivity index (χ0) is 11.5. The highest BCUT2D eigenvalue weighted by Gasteiger charge is 2.04. The Balaban J connectivity index is 2.46. The number of aromatic nitrogens is 2. The Kier molecular flexibility index (Phi) is 2.72. The van der Waals surface area contributed by atoms with Crippen LogP contribution in [0.2, 0.25) is 0 Å². The molecule has 1 aromatic carbocycles. The Morgan fingerprint density at radius 1 is 1.44 bits per heavy atom. The van der Waals surface area contributed by atoms with Crippen molar-refractivity contribution in [1.82, 2.24) is 9.78 Å². The van der Waals surface area contributed by atoms with Crippen LogP contribution in [0.5, 0.6) is 0 Å². The molecule has 0 fully saturated rings. The van der Waals surface area contributed by atoms with Gasteiger partial charge in [0.15, 0.2) is 0 Å². The van der Waals surface area contributed by atoms with Crippen molar-refractivity contribution in [2.24, 2.45) is 7.05 Å². The monoisotopic (exact) mass is 216 g/mol. The number of nitrogens with zero attached hydrogens (tertiary/aromatic N) is 2. The van der Waals surface area contributed by atoms with Crippen molar-refractivity contribution in [1.29, 1.82) is 0 Å². The molecule has 2 rings (SSSR count). The van der Waals surface area contributed by atoms with E-state index in [1.165, 1.54) is 13.2 Å². The Labute approximate surface area is 93.1 Å². The van der Waals surface area contributed by atoms with Crippen LogP contribution in [0.25, 0.3) is 17.0 Å². The van der Waals surface area contributed by atoms with Crippen LogP contribution in [0, 0.1) is 0 Å². The molecule has 0 bridgehead atoms. The molecular formula is C12H12N2O2. The predicted octanol–water partition coefficient (Wildman–Crippen LogP) is 1.76. The second kappa shape index (κ2) is 4.18. The number of rotatable bonds is 2. The van der Waals surface area contributed by atoms with Gasteiger partial charge in [0.2, 0.25) is 0 Å². The molecule has 4 nitrogen and oxygen atoms in total. The summed E-state index contributed by atoms with van der Waals surface area (Å²) in [6, 6.07) is 7.86. The SMILES string of the molecule is COC(=O)/C=C/c1nn(C)c2ccccc12. The van der Waals surface area contributed by atoms with Gasteiger partial charge in [-0.3, -0.25) is 4.68 Å². The van der Waals surface area contributed by atoms with Crippen molar-refractivity contribution in [2.75, 3.05) is 7.11 Å². The molecule has 2 aromatic rings. The van der Waals surface area contributed by atoms with Gasteiger partial charge in [0.25, 0.3) is 0 Å². The minimum Gasteiger partial charge on any atom is -0.466 e. The van der Waals surface area contributed by atoms with Gasteiger partial charge < -0.3 is 4.74 Å². The Hall–Kier alpha value is -2.10. The minimum absolute atomic E-state index is 0.380. The van der Waals surface area contributed by atoms with Crippen LogP contribution >= 0.6 is 0 Å². The molecule has 1 aromatic heterocycles. The van der Waals surface area contributed by atoms with E-state index in [1.807, 2.05) is 31.3 Å². The summed E-state index contributed by atoms with van der Waals surface area (Å²) in [5.41, 5.74) is 1.80. The first kappa shape index (κ1) is 10.4. The number of hydrogen-bond donors (Lipinski definition) is 0. The standard InChI is InChI=1S/C12H12N2O2/c1-14-11-6-4-3-5-9(11)10(13-14)7-8-12(15)16-2/h3-8H,1-2H3/b8-7+. The molecule has 1 heterocycles. The summed E-state index contributed by atoms with van der Waals surface area (Å²) >= 11 is 0. The summed E-state index contributed by atoms with van der Waals surface area (Å²) in [6.45, 7) is 0. The van der Waals surface area contributed by atoms with Crippen LogP contribution in [0.1, 0.15) is 5.69 Å². The summed E-state index contributed by atoms with van der Waals surface area (Å²) in [4.78, 5) is 11.0. The summed E-state index contributed by atoms with van der Waals surface area (Å²) in [5, 5.41) is 5.34. The Morgan fingerprint density at radius 2 is 2.19 bits per heavy atom. The molecule has 0 aliphatic rings. The van der Waals surface area contributed by atoms with Gasteiger partial charge in [-0.15, -0.1) is 0 Å². The van der Waals surface area contributed by atoms with Gasteiger partial charge in [-0.05, 0) is 12.1 Å². The van der Waals surface area contributed by atoms with Crippen LogP contribution < -0.4 is 0 Å². The number of carbonyl (C=O) groups excluding carboxylic acids is 1. The minimum atomic E-state index is -0.380. The fourth-order valence-corrected chi connectivity index (χ4v) is 1.58.